The van der Waals surface area contributed by atoms with Crippen molar-refractivity contribution >= 4 is 153 Å². The van der Waals surface area contributed by atoms with Crippen molar-refractivity contribution in [3.63, 3.8) is 0 Å². The second-order valence-corrected chi connectivity index (χ2v) is 38.2. The Kier molecular flexibility index (Phi) is 18.9. The average Bonchev–Trinajstić information content (AvgIpc) is 1.57. The molecule has 0 fully saturated rings. The molecular formula is C135H90N6O. The van der Waals surface area contributed by atoms with E-state index in [0.29, 0.717) is 0 Å². The van der Waals surface area contributed by atoms with Crippen LogP contribution in [0.3, 0.4) is 0 Å². The third-order valence-corrected chi connectivity index (χ3v) is 30.0. The van der Waals surface area contributed by atoms with E-state index in [1.165, 1.54) is 215 Å². The molecule has 0 saturated heterocycles. The van der Waals surface area contributed by atoms with E-state index in [2.05, 4.69) is 539 Å². The summed E-state index contributed by atoms with van der Waals surface area (Å²) in [6, 6.07) is 185. The predicted molar refractivity (Wildman–Crippen MR) is 597 cm³/mol. The van der Waals surface area contributed by atoms with Crippen LogP contribution in [0.1, 0.15) is 25.0 Å². The average molecular weight is 1810 g/mol. The monoisotopic (exact) mass is 1810 g/mol. The van der Waals surface area contributed by atoms with E-state index in [9.17, 15) is 0 Å². The van der Waals surface area contributed by atoms with Crippen molar-refractivity contribution in [1.29, 1.82) is 0 Å². The molecule has 0 spiro atoms. The van der Waals surface area contributed by atoms with Crippen LogP contribution >= 0.6 is 0 Å². The highest BCUT2D eigenvalue weighted by Crippen LogP contribution is 2.52. The fourth-order valence-corrected chi connectivity index (χ4v) is 23.4. The molecule has 0 saturated carbocycles. The maximum Gasteiger partial charge on any atom is 0.143 e. The van der Waals surface area contributed by atoms with Gasteiger partial charge in [0.05, 0.1) is 66.2 Å². The molecule has 0 bridgehead atoms. The van der Waals surface area contributed by atoms with Gasteiger partial charge in [0, 0.05) is 121 Å². The van der Waals surface area contributed by atoms with Crippen LogP contribution in [0.2, 0.25) is 0 Å². The van der Waals surface area contributed by atoms with Crippen molar-refractivity contribution in [2.24, 2.45) is 0 Å². The van der Waals surface area contributed by atoms with Crippen molar-refractivity contribution in [2.45, 2.75) is 19.3 Å². The molecule has 0 amide bonds. The van der Waals surface area contributed by atoms with E-state index in [-0.39, 0.29) is 5.41 Å². The van der Waals surface area contributed by atoms with E-state index in [0.717, 1.165) is 50.1 Å². The Bertz CT molecular complexity index is 10100. The molecule has 7 nitrogen and oxygen atoms in total. The summed E-state index contributed by atoms with van der Waals surface area (Å²) in [5.74, 6) is 0. The summed E-state index contributed by atoms with van der Waals surface area (Å²) in [6.07, 6.45) is 0. The van der Waals surface area contributed by atoms with E-state index < -0.39 is 0 Å². The zero-order valence-electron chi connectivity index (χ0n) is 78.1. The third-order valence-electron chi connectivity index (χ3n) is 30.0. The molecule has 0 aliphatic heterocycles. The topological polar surface area (TPSA) is 42.7 Å². The minimum atomic E-state index is 0.0392. The lowest BCUT2D eigenvalue weighted by Gasteiger charge is -2.21. The lowest BCUT2D eigenvalue weighted by molar-refractivity contribution is 0.660. The van der Waals surface area contributed by atoms with Crippen LogP contribution in [0, 0.1) is 0 Å². The standard InChI is InChI=1S/C54H35N3.C48H30N2O.C33H25N/c1-4-14-40(15-5-1)55-49-22-12-10-20-43(49)45-28-24-37(33-52(45)55)36-27-31-51-48(32-36)47-30-26-39(35-54(47)57(51)42-18-8-3-9-19-42)38-25-29-46-44-21-11-13-23-50(44)56(53(46)34-38)41-16-6-2-7-17-41;1-2-11-34(12-3-1)49-43-18-7-4-13-37(43)41-29-32(23-27-45(41)49)33-24-28-46-42(30-33)38-14-5-8-19-44(38)50(46)35-25-21-31(22-26-35)36-16-10-17-40-39-15-6-9-20-47(39)51-48(36)40;1-33(2)29-14-8-6-12-25(29)27-20-22(16-18-30(27)33)23-17-19-32-28(21-23)26-13-7-9-15-31(26)34(32)24-10-4-3-5-11-24/h1-35H;1-30H;3-21H,1-2H3. The number of rotatable bonds is 11. The molecule has 7 heterocycles. The first-order valence-corrected chi connectivity index (χ1v) is 49.0. The zero-order valence-corrected chi connectivity index (χ0v) is 78.1. The molecule has 30 rings (SSSR count). The SMILES string of the molecule is CC1(C)c2ccccc2-c2cc(-c3ccc4c(c3)c3ccccc3n4-c3ccccc3)ccc21.c1ccc(-n2c3ccccc3c3cc(-c4ccc5c(c4)c4ccccc4n5-c4ccc(-c5cccc6c5oc5ccccc56)cc4)ccc32)cc1.c1ccc(-n2c3ccccc3c3ccc(-c4ccc5c(c4)c4ccc(-c6ccc7c8ccccc8n(-c8ccccc8)c7c6)cc4n5-c4ccccc4)cc32)cc1. The van der Waals surface area contributed by atoms with E-state index >= 15 is 0 Å². The highest BCUT2D eigenvalue weighted by Gasteiger charge is 2.36. The second-order valence-electron chi connectivity index (χ2n) is 38.2. The van der Waals surface area contributed by atoms with Gasteiger partial charge in [0.1, 0.15) is 11.2 Å². The number of benzene rings is 22. The maximum atomic E-state index is 6.36. The summed E-state index contributed by atoms with van der Waals surface area (Å²) < 4.78 is 20.7. The number of hydrogen-bond donors (Lipinski definition) is 0. The molecule has 0 N–H and O–H groups in total. The van der Waals surface area contributed by atoms with Crippen LogP contribution in [-0.2, 0) is 5.41 Å². The maximum absolute atomic E-state index is 6.36. The van der Waals surface area contributed by atoms with Crippen LogP contribution in [0.4, 0.5) is 0 Å². The van der Waals surface area contributed by atoms with E-state index in [1.54, 1.807) is 0 Å². The molecule has 7 heteroatoms. The molecule has 0 radical (unpaired) electrons. The summed E-state index contributed by atoms with van der Waals surface area (Å²) in [5, 5.41) is 17.4. The zero-order chi connectivity index (χ0) is 93.8. The Morgan fingerprint density at radius 1 is 0.148 bits per heavy atom. The van der Waals surface area contributed by atoms with Crippen molar-refractivity contribution in [3.05, 3.63) is 521 Å². The molecule has 0 unspecified atom stereocenters. The molecule has 29 aromatic rings. The van der Waals surface area contributed by atoms with Gasteiger partial charge in [-0.3, -0.25) is 0 Å². The fourth-order valence-electron chi connectivity index (χ4n) is 23.4. The van der Waals surface area contributed by atoms with Crippen molar-refractivity contribution in [3.8, 4) is 101 Å². The molecular weight excluding hydrogens is 1720 g/mol. The lowest BCUT2D eigenvalue weighted by atomic mass is 9.82. The minimum Gasteiger partial charge on any atom is -0.455 e. The summed E-state index contributed by atoms with van der Waals surface area (Å²) in [7, 11) is 0. The highest BCUT2D eigenvalue weighted by atomic mass is 16.3. The number of aromatic nitrogens is 6. The Morgan fingerprint density at radius 2 is 0.394 bits per heavy atom. The van der Waals surface area contributed by atoms with Gasteiger partial charge in [-0.25, -0.2) is 0 Å². The molecule has 22 aromatic carbocycles. The van der Waals surface area contributed by atoms with Gasteiger partial charge in [-0.1, -0.05) is 341 Å². The molecule has 142 heavy (non-hydrogen) atoms. The Hall–Kier alpha value is -18.6. The molecule has 666 valence electrons. The first-order chi connectivity index (χ1) is 70.2. The second kappa shape index (κ2) is 32.9. The number of furan rings is 1. The predicted octanol–water partition coefficient (Wildman–Crippen LogP) is 36.2. The first kappa shape index (κ1) is 81.8. The van der Waals surface area contributed by atoms with Gasteiger partial charge in [-0.2, -0.15) is 0 Å². The van der Waals surface area contributed by atoms with Crippen LogP contribution in [-0.4, -0.2) is 27.4 Å². The van der Waals surface area contributed by atoms with Crippen LogP contribution in [0.5, 0.6) is 0 Å². The normalized spacial score (nSPS) is 12.4. The van der Waals surface area contributed by atoms with Gasteiger partial charge in [0.2, 0.25) is 0 Å². The molecule has 7 aromatic heterocycles. The van der Waals surface area contributed by atoms with E-state index in [4.69, 9.17) is 4.42 Å². The smallest absolute Gasteiger partial charge is 0.143 e. The number of fused-ring (bicyclic) bond motifs is 24. The van der Waals surface area contributed by atoms with Crippen molar-refractivity contribution in [1.82, 2.24) is 27.4 Å². The van der Waals surface area contributed by atoms with Crippen LogP contribution in [0.15, 0.2) is 514 Å². The number of hydrogen-bond acceptors (Lipinski definition) is 1. The molecule has 1 aliphatic rings. The summed E-state index contributed by atoms with van der Waals surface area (Å²) in [5.41, 5.74) is 40.9. The number of para-hydroxylation sites is 12. The lowest BCUT2D eigenvalue weighted by Crippen LogP contribution is -2.14. The quantitative estimate of drug-likeness (QED) is 0.127. The third kappa shape index (κ3) is 13.1. The Morgan fingerprint density at radius 3 is 0.782 bits per heavy atom. The van der Waals surface area contributed by atoms with Crippen molar-refractivity contribution < 1.29 is 4.42 Å². The van der Waals surface area contributed by atoms with E-state index in [1.807, 2.05) is 12.1 Å². The largest absolute Gasteiger partial charge is 0.455 e. The van der Waals surface area contributed by atoms with Crippen LogP contribution in [0.25, 0.3) is 254 Å². The fraction of sp³-hybridized carbons (Fsp3) is 0.0222. The van der Waals surface area contributed by atoms with Gasteiger partial charge < -0.3 is 31.8 Å². The van der Waals surface area contributed by atoms with Gasteiger partial charge in [0.15, 0.2) is 0 Å². The highest BCUT2D eigenvalue weighted by molar-refractivity contribution is 6.18. The summed E-state index contributed by atoms with van der Waals surface area (Å²) in [6.45, 7) is 4.67. The van der Waals surface area contributed by atoms with Gasteiger partial charge in [0.25, 0.3) is 0 Å². The van der Waals surface area contributed by atoms with Gasteiger partial charge >= 0.3 is 0 Å². The Labute approximate surface area is 819 Å². The molecule has 1 aliphatic carbocycles. The van der Waals surface area contributed by atoms with Gasteiger partial charge in [-0.15, -0.1) is 0 Å². The molecule has 0 atom stereocenters. The summed E-state index contributed by atoms with van der Waals surface area (Å²) >= 11 is 0. The van der Waals surface area contributed by atoms with Gasteiger partial charge in [-0.05, 0) is 254 Å². The Balaban J connectivity index is 0.000000107. The van der Waals surface area contributed by atoms with Crippen molar-refractivity contribution in [2.75, 3.05) is 0 Å². The van der Waals surface area contributed by atoms with Crippen LogP contribution < -0.4 is 0 Å². The minimum absolute atomic E-state index is 0.0392. The summed E-state index contributed by atoms with van der Waals surface area (Å²) in [4.78, 5) is 0. The number of nitrogens with zero attached hydrogens (tertiary/aromatic N) is 6. The first-order valence-electron chi connectivity index (χ1n) is 49.0.